The van der Waals surface area contributed by atoms with Crippen LogP contribution in [-0.4, -0.2) is 0 Å². The van der Waals surface area contributed by atoms with E-state index in [0.717, 1.165) is 19.3 Å². The molecule has 0 atom stereocenters. The topological polar surface area (TPSA) is 0 Å². The van der Waals surface area contributed by atoms with Crippen molar-refractivity contribution in [2.45, 2.75) is 26.2 Å². The van der Waals surface area contributed by atoms with Crippen LogP contribution < -0.4 is 18.9 Å². The Morgan fingerprint density at radius 2 is 2.22 bits per heavy atom. The van der Waals surface area contributed by atoms with Gasteiger partial charge in [0.05, 0.1) is 0 Å². The minimum atomic E-state index is 0. The van der Waals surface area contributed by atoms with Crippen molar-refractivity contribution in [2.24, 2.45) is 0 Å². The molecule has 0 saturated heterocycles. The molecule has 0 aliphatic heterocycles. The van der Waals surface area contributed by atoms with Crippen LogP contribution in [0.25, 0.3) is 0 Å². The van der Waals surface area contributed by atoms with Crippen LogP contribution in [0, 0.1) is 12.3 Å². The Morgan fingerprint density at radius 3 is 2.67 bits per heavy atom. The molecule has 0 aromatic carbocycles. The summed E-state index contributed by atoms with van der Waals surface area (Å²) in [6.07, 6.45) is 12.3. The van der Waals surface area contributed by atoms with Gasteiger partial charge >= 0.3 is 18.9 Å². The number of rotatable bonds is 3. The molecule has 0 aromatic rings. The van der Waals surface area contributed by atoms with Gasteiger partial charge in [-0.15, -0.1) is 12.3 Å². The quantitative estimate of drug-likeness (QED) is 0.201. The van der Waals surface area contributed by atoms with E-state index in [9.17, 15) is 0 Å². The number of terminal acetylenes is 1. The number of hydrogen-bond donors (Lipinski definition) is 0. The number of hydrogen-bond acceptors (Lipinski definition) is 0. The van der Waals surface area contributed by atoms with Gasteiger partial charge in [-0.2, -0.15) is 0 Å². The van der Waals surface area contributed by atoms with E-state index in [-0.39, 0.29) is 20.3 Å². The molecule has 1 heteroatoms. The zero-order chi connectivity index (χ0) is 6.24. The molecule has 0 unspecified atom stereocenters. The maximum absolute atomic E-state index is 5.03. The second-order valence-corrected chi connectivity index (χ2v) is 1.62. The summed E-state index contributed by atoms with van der Waals surface area (Å²) in [6, 6.07) is 0. The van der Waals surface area contributed by atoms with Crippen LogP contribution in [0.15, 0.2) is 12.2 Å². The summed E-state index contributed by atoms with van der Waals surface area (Å²) in [6.45, 7) is 2.12. The molecule has 0 bridgehead atoms. The predicted octanol–water partition coefficient (Wildman–Crippen LogP) is -0.518. The average Bonchev–Trinajstić information content (AvgIpc) is 1.81. The van der Waals surface area contributed by atoms with Crippen molar-refractivity contribution in [1.82, 2.24) is 0 Å². The van der Waals surface area contributed by atoms with Gasteiger partial charge in [0, 0.05) is 6.42 Å². The van der Waals surface area contributed by atoms with Gasteiger partial charge in [-0.1, -0.05) is 19.1 Å². The molecular weight excluding hydrogens is 103 g/mol. The molecule has 0 saturated carbocycles. The monoisotopic (exact) mass is 116 g/mol. The van der Waals surface area contributed by atoms with E-state index in [1.807, 2.05) is 0 Å². The Morgan fingerprint density at radius 1 is 1.56 bits per heavy atom. The second kappa shape index (κ2) is 10.8. The van der Waals surface area contributed by atoms with Gasteiger partial charge in [-0.3, -0.25) is 0 Å². The molecule has 46 valence electrons. The Balaban J connectivity index is -0.000000245. The standard InChI is InChI=1S/C8H12.Li.H/c1-3-5-7-8-6-4-2;;/h1,6,8H,4-5,7H2,2H3;;/q;+1;-1/b8-6-;;. The van der Waals surface area contributed by atoms with Crippen LogP contribution in [0.5, 0.6) is 0 Å². The Kier molecular flexibility index (Phi) is 14.0. The molecule has 0 fully saturated rings. The van der Waals surface area contributed by atoms with Gasteiger partial charge in [-0.05, 0) is 12.8 Å². The van der Waals surface area contributed by atoms with Crippen molar-refractivity contribution < 1.29 is 20.3 Å². The molecule has 0 aromatic heterocycles. The second-order valence-electron chi connectivity index (χ2n) is 1.62. The van der Waals surface area contributed by atoms with Crippen LogP contribution in [0.2, 0.25) is 0 Å². The molecule has 9 heavy (non-hydrogen) atoms. The Labute approximate surface area is 71.4 Å². The largest absolute Gasteiger partial charge is 1.00 e. The summed E-state index contributed by atoms with van der Waals surface area (Å²) in [4.78, 5) is 0. The van der Waals surface area contributed by atoms with E-state index >= 15 is 0 Å². The summed E-state index contributed by atoms with van der Waals surface area (Å²) in [5.41, 5.74) is 0. The van der Waals surface area contributed by atoms with E-state index in [4.69, 9.17) is 6.42 Å². The summed E-state index contributed by atoms with van der Waals surface area (Å²) < 4.78 is 0. The summed E-state index contributed by atoms with van der Waals surface area (Å²) in [7, 11) is 0. The molecule has 0 aliphatic rings. The molecule has 0 spiro atoms. The summed E-state index contributed by atoms with van der Waals surface area (Å²) >= 11 is 0. The van der Waals surface area contributed by atoms with Crippen LogP contribution in [0.3, 0.4) is 0 Å². The fourth-order valence-electron chi connectivity index (χ4n) is 0.451. The van der Waals surface area contributed by atoms with E-state index in [1.54, 1.807) is 0 Å². The molecule has 0 amide bonds. The number of allylic oxidation sites excluding steroid dienone is 2. The summed E-state index contributed by atoms with van der Waals surface area (Å²) in [5.74, 6) is 2.58. The minimum absolute atomic E-state index is 0. The SMILES string of the molecule is C#CCC/C=C\CC.[H-].[Li+]. The van der Waals surface area contributed by atoms with Gasteiger partial charge in [0.2, 0.25) is 0 Å². The molecular formula is C8H13Li. The van der Waals surface area contributed by atoms with E-state index < -0.39 is 0 Å². The fourth-order valence-corrected chi connectivity index (χ4v) is 0.451. The third kappa shape index (κ3) is 11.5. The molecule has 0 N–H and O–H groups in total. The van der Waals surface area contributed by atoms with Crippen LogP contribution >= 0.6 is 0 Å². The average molecular weight is 116 g/mol. The molecule has 0 rings (SSSR count). The first-order valence-electron chi connectivity index (χ1n) is 3.00. The third-order valence-corrected chi connectivity index (χ3v) is 0.858. The Hall–Kier alpha value is -0.103. The first kappa shape index (κ1) is 11.7. The number of unbranched alkanes of at least 4 members (excludes halogenated alkanes) is 1. The van der Waals surface area contributed by atoms with E-state index in [1.165, 1.54) is 0 Å². The van der Waals surface area contributed by atoms with Crippen LogP contribution in [-0.2, 0) is 0 Å². The van der Waals surface area contributed by atoms with Crippen molar-refractivity contribution in [1.29, 1.82) is 0 Å². The van der Waals surface area contributed by atoms with Crippen molar-refractivity contribution >= 4 is 0 Å². The van der Waals surface area contributed by atoms with Crippen molar-refractivity contribution in [2.75, 3.05) is 0 Å². The van der Waals surface area contributed by atoms with Crippen LogP contribution in [0.4, 0.5) is 0 Å². The zero-order valence-corrected chi connectivity index (χ0v) is 6.35. The van der Waals surface area contributed by atoms with Crippen molar-refractivity contribution in [3.63, 3.8) is 0 Å². The van der Waals surface area contributed by atoms with Gasteiger partial charge in [0.25, 0.3) is 0 Å². The van der Waals surface area contributed by atoms with E-state index in [2.05, 4.69) is 25.0 Å². The third-order valence-electron chi connectivity index (χ3n) is 0.858. The molecule has 0 nitrogen and oxygen atoms in total. The van der Waals surface area contributed by atoms with Gasteiger partial charge in [0.1, 0.15) is 0 Å². The smallest absolute Gasteiger partial charge is 1.00 e. The maximum Gasteiger partial charge on any atom is 1.00 e. The predicted molar refractivity (Wildman–Crippen MR) is 38.6 cm³/mol. The van der Waals surface area contributed by atoms with E-state index in [0.29, 0.717) is 0 Å². The van der Waals surface area contributed by atoms with Crippen molar-refractivity contribution in [3.8, 4) is 12.3 Å². The first-order chi connectivity index (χ1) is 3.91. The Bertz CT molecular complexity index is 102. The minimum Gasteiger partial charge on any atom is -1.00 e. The van der Waals surface area contributed by atoms with Gasteiger partial charge in [0.15, 0.2) is 0 Å². The van der Waals surface area contributed by atoms with Crippen molar-refractivity contribution in [3.05, 3.63) is 12.2 Å². The summed E-state index contributed by atoms with van der Waals surface area (Å²) in [5, 5.41) is 0. The van der Waals surface area contributed by atoms with Gasteiger partial charge < -0.3 is 1.43 Å². The first-order valence-corrected chi connectivity index (χ1v) is 3.00. The fraction of sp³-hybridized carbons (Fsp3) is 0.500. The molecule has 0 radical (unpaired) electrons. The normalized spacial score (nSPS) is 8.44. The maximum atomic E-state index is 5.03. The van der Waals surface area contributed by atoms with Crippen LogP contribution in [0.1, 0.15) is 27.6 Å². The molecule has 0 heterocycles. The van der Waals surface area contributed by atoms with Gasteiger partial charge in [-0.25, -0.2) is 0 Å². The zero-order valence-electron chi connectivity index (χ0n) is 7.35. The molecule has 0 aliphatic carbocycles.